The van der Waals surface area contributed by atoms with Gasteiger partial charge in [-0.2, -0.15) is 0 Å². The number of carbonyl (C=O) groups is 1. The number of nitrogens with zero attached hydrogens (tertiary/aromatic N) is 4. The maximum atomic E-state index is 12.4. The zero-order valence-corrected chi connectivity index (χ0v) is 22.2. The fourth-order valence-electron chi connectivity index (χ4n) is 4.71. The molecule has 0 unspecified atom stereocenters. The van der Waals surface area contributed by atoms with Crippen LogP contribution in [0.25, 0.3) is 10.8 Å². The highest BCUT2D eigenvalue weighted by molar-refractivity contribution is 5.94. The third-order valence-electron chi connectivity index (χ3n) is 7.04. The van der Waals surface area contributed by atoms with Crippen LogP contribution in [0.4, 0.5) is 17.5 Å². The van der Waals surface area contributed by atoms with E-state index in [1.54, 1.807) is 31.5 Å². The highest BCUT2D eigenvalue weighted by Crippen LogP contribution is 2.41. The molecular formula is C29H33N7O2. The number of pyridine rings is 1. The second-order valence-electron chi connectivity index (χ2n) is 10.0. The second kappa shape index (κ2) is 10.2. The summed E-state index contributed by atoms with van der Waals surface area (Å²) in [7, 11) is 3.52. The molecule has 2 heterocycles. The fraction of sp³-hybridized carbons (Fsp3) is 0.310. The minimum atomic E-state index is -0.692. The molecule has 9 nitrogen and oxygen atoms in total. The fourth-order valence-corrected chi connectivity index (χ4v) is 4.71. The molecule has 1 fully saturated rings. The van der Waals surface area contributed by atoms with Crippen molar-refractivity contribution in [3.63, 3.8) is 0 Å². The SMILES string of the molecule is Cc1cc2c(N)nccc2c(C)c1CNc1cc(NCc2ccc(OC3(C(=O)N(C)C)CC3)cc2)ncn1. The van der Waals surface area contributed by atoms with Gasteiger partial charge in [0, 0.05) is 57.7 Å². The average molecular weight is 512 g/mol. The molecule has 2 aromatic carbocycles. The quantitative estimate of drug-likeness (QED) is 0.302. The summed E-state index contributed by atoms with van der Waals surface area (Å²) in [4.78, 5) is 26.9. The molecule has 38 heavy (non-hydrogen) atoms. The molecule has 0 bridgehead atoms. The molecule has 0 saturated heterocycles. The van der Waals surface area contributed by atoms with Crippen molar-refractivity contribution in [2.45, 2.75) is 45.4 Å². The van der Waals surface area contributed by atoms with Gasteiger partial charge in [0.15, 0.2) is 5.60 Å². The van der Waals surface area contributed by atoms with Gasteiger partial charge in [0.25, 0.3) is 5.91 Å². The zero-order valence-electron chi connectivity index (χ0n) is 22.2. The van der Waals surface area contributed by atoms with Crippen molar-refractivity contribution in [3.8, 4) is 5.75 Å². The second-order valence-corrected chi connectivity index (χ2v) is 10.0. The first-order valence-electron chi connectivity index (χ1n) is 12.7. The van der Waals surface area contributed by atoms with Crippen LogP contribution in [-0.4, -0.2) is 45.5 Å². The molecule has 1 aliphatic carbocycles. The Kier molecular flexibility index (Phi) is 6.75. The van der Waals surface area contributed by atoms with Crippen LogP contribution in [0.3, 0.4) is 0 Å². The van der Waals surface area contributed by atoms with Gasteiger partial charge in [-0.1, -0.05) is 12.1 Å². The summed E-state index contributed by atoms with van der Waals surface area (Å²) in [6.45, 7) is 5.42. The summed E-state index contributed by atoms with van der Waals surface area (Å²) in [6, 6.07) is 13.8. The van der Waals surface area contributed by atoms with E-state index in [1.165, 1.54) is 11.1 Å². The summed E-state index contributed by atoms with van der Waals surface area (Å²) in [5.74, 6) is 2.73. The number of amides is 1. The summed E-state index contributed by atoms with van der Waals surface area (Å²) in [6.07, 6.45) is 4.80. The first kappa shape index (κ1) is 25.3. The number of anilines is 3. The number of hydrogen-bond acceptors (Lipinski definition) is 8. The van der Waals surface area contributed by atoms with E-state index in [0.29, 0.717) is 24.7 Å². The number of fused-ring (bicyclic) bond motifs is 1. The molecule has 4 aromatic rings. The van der Waals surface area contributed by atoms with Gasteiger partial charge in [0.05, 0.1) is 0 Å². The first-order valence-corrected chi connectivity index (χ1v) is 12.7. The van der Waals surface area contributed by atoms with Crippen LogP contribution in [0.15, 0.2) is 55.0 Å². The summed E-state index contributed by atoms with van der Waals surface area (Å²) in [5, 5.41) is 8.87. The van der Waals surface area contributed by atoms with Gasteiger partial charge in [0.2, 0.25) is 0 Å². The highest BCUT2D eigenvalue weighted by Gasteiger charge is 2.53. The summed E-state index contributed by atoms with van der Waals surface area (Å²) < 4.78 is 6.03. The van der Waals surface area contributed by atoms with Crippen LogP contribution in [-0.2, 0) is 17.9 Å². The van der Waals surface area contributed by atoms with E-state index in [-0.39, 0.29) is 5.91 Å². The van der Waals surface area contributed by atoms with Gasteiger partial charge in [-0.15, -0.1) is 0 Å². The lowest BCUT2D eigenvalue weighted by molar-refractivity contribution is -0.138. The Balaban J connectivity index is 1.20. The summed E-state index contributed by atoms with van der Waals surface area (Å²) in [5.41, 5.74) is 10.0. The molecule has 1 saturated carbocycles. The maximum absolute atomic E-state index is 12.4. The molecule has 2 aromatic heterocycles. The van der Waals surface area contributed by atoms with Gasteiger partial charge in [0.1, 0.15) is 29.5 Å². The largest absolute Gasteiger partial charge is 0.477 e. The van der Waals surface area contributed by atoms with E-state index in [1.807, 2.05) is 36.4 Å². The van der Waals surface area contributed by atoms with Gasteiger partial charge in [-0.25, -0.2) is 15.0 Å². The first-order chi connectivity index (χ1) is 18.3. The Morgan fingerprint density at radius 2 is 1.66 bits per heavy atom. The lowest BCUT2D eigenvalue weighted by Gasteiger charge is -2.21. The number of nitrogen functional groups attached to an aromatic ring is 1. The molecule has 1 aliphatic rings. The molecule has 1 amide bonds. The van der Waals surface area contributed by atoms with Gasteiger partial charge in [-0.05, 0) is 65.8 Å². The Morgan fingerprint density at radius 1 is 0.974 bits per heavy atom. The topological polar surface area (TPSA) is 118 Å². The van der Waals surface area contributed by atoms with E-state index in [0.717, 1.165) is 46.4 Å². The Hall–Kier alpha value is -4.40. The van der Waals surface area contributed by atoms with E-state index < -0.39 is 5.60 Å². The van der Waals surface area contributed by atoms with Crippen LogP contribution < -0.4 is 21.1 Å². The zero-order chi connectivity index (χ0) is 26.9. The van der Waals surface area contributed by atoms with E-state index >= 15 is 0 Å². The predicted molar refractivity (Wildman–Crippen MR) is 150 cm³/mol. The lowest BCUT2D eigenvalue weighted by atomic mass is 9.96. The smallest absolute Gasteiger partial charge is 0.266 e. The number of carbonyl (C=O) groups excluding carboxylic acids is 1. The monoisotopic (exact) mass is 511 g/mol. The van der Waals surface area contributed by atoms with E-state index in [2.05, 4.69) is 45.5 Å². The number of aromatic nitrogens is 3. The number of rotatable bonds is 9. The van der Waals surface area contributed by atoms with Gasteiger partial charge in [-0.3, -0.25) is 4.79 Å². The predicted octanol–water partition coefficient (Wildman–Crippen LogP) is 4.45. The molecule has 0 radical (unpaired) electrons. The molecular weight excluding hydrogens is 478 g/mol. The van der Waals surface area contributed by atoms with Crippen LogP contribution >= 0.6 is 0 Å². The Labute approximate surface area is 222 Å². The van der Waals surface area contributed by atoms with Crippen LogP contribution in [0.2, 0.25) is 0 Å². The molecule has 5 rings (SSSR count). The third kappa shape index (κ3) is 5.18. The van der Waals surface area contributed by atoms with Crippen LogP contribution in [0.5, 0.6) is 5.75 Å². The van der Waals surface area contributed by atoms with E-state index in [4.69, 9.17) is 10.5 Å². The van der Waals surface area contributed by atoms with Crippen LogP contribution in [0, 0.1) is 13.8 Å². The number of nitrogens with two attached hydrogens (primary N) is 1. The van der Waals surface area contributed by atoms with Crippen molar-refractivity contribution in [1.82, 2.24) is 19.9 Å². The van der Waals surface area contributed by atoms with Gasteiger partial charge >= 0.3 is 0 Å². The van der Waals surface area contributed by atoms with Crippen molar-refractivity contribution in [2.24, 2.45) is 0 Å². The number of aryl methyl sites for hydroxylation is 2. The van der Waals surface area contributed by atoms with Crippen molar-refractivity contribution in [3.05, 3.63) is 77.2 Å². The standard InChI is InChI=1S/C29H33N7O2/c1-18-13-23-22(9-12-31-27(23)30)19(2)24(18)16-33-26-14-25(34-17-35-26)32-15-20-5-7-21(8-6-20)38-29(10-11-29)28(37)36(3)4/h5-9,12-14,17H,10-11,15-16H2,1-4H3,(H2,30,31)(H2,32,33,34,35). The average Bonchev–Trinajstić information content (AvgIpc) is 3.69. The van der Waals surface area contributed by atoms with Crippen LogP contribution in [0.1, 0.15) is 35.1 Å². The Bertz CT molecular complexity index is 1480. The molecule has 0 aliphatic heterocycles. The van der Waals surface area contributed by atoms with E-state index in [9.17, 15) is 4.79 Å². The van der Waals surface area contributed by atoms with Gasteiger partial charge < -0.3 is 26.0 Å². The van der Waals surface area contributed by atoms with Crippen molar-refractivity contribution < 1.29 is 9.53 Å². The molecule has 196 valence electrons. The normalized spacial score (nSPS) is 13.7. The number of ether oxygens (including phenoxy) is 1. The third-order valence-corrected chi connectivity index (χ3v) is 7.04. The molecule has 0 spiro atoms. The number of hydrogen-bond donors (Lipinski definition) is 3. The number of likely N-dealkylation sites (N-methyl/N-ethyl adjacent to an activating group) is 1. The Morgan fingerprint density at radius 3 is 2.32 bits per heavy atom. The van der Waals surface area contributed by atoms with Crippen molar-refractivity contribution in [1.29, 1.82) is 0 Å². The molecule has 9 heteroatoms. The minimum Gasteiger partial charge on any atom is -0.477 e. The lowest BCUT2D eigenvalue weighted by Crippen LogP contribution is -2.39. The molecule has 4 N–H and O–H groups in total. The number of benzene rings is 2. The highest BCUT2D eigenvalue weighted by atomic mass is 16.5. The van der Waals surface area contributed by atoms with Crippen molar-refractivity contribution >= 4 is 34.1 Å². The molecule has 0 atom stereocenters. The minimum absolute atomic E-state index is 0.0179. The van der Waals surface area contributed by atoms with Crippen molar-refractivity contribution in [2.75, 3.05) is 30.5 Å². The summed E-state index contributed by atoms with van der Waals surface area (Å²) >= 11 is 0. The number of nitrogens with one attached hydrogen (secondary N) is 2. The maximum Gasteiger partial charge on any atom is 0.266 e.